The van der Waals surface area contributed by atoms with Gasteiger partial charge in [-0.3, -0.25) is 4.79 Å². The predicted molar refractivity (Wildman–Crippen MR) is 78.4 cm³/mol. The van der Waals surface area contributed by atoms with Crippen LogP contribution in [0.15, 0.2) is 24.3 Å². The van der Waals surface area contributed by atoms with Gasteiger partial charge in [0.15, 0.2) is 0 Å². The van der Waals surface area contributed by atoms with Crippen molar-refractivity contribution in [3.63, 3.8) is 0 Å². The summed E-state index contributed by atoms with van der Waals surface area (Å²) in [4.78, 5) is 22.5. The number of carbonyl (C=O) groups excluding carboxylic acids is 1. The Balaban J connectivity index is 1.86. The molecule has 0 radical (unpaired) electrons. The lowest BCUT2D eigenvalue weighted by Crippen LogP contribution is -2.42. The molecular formula is C15H20N2O4. The van der Waals surface area contributed by atoms with E-state index in [1.807, 2.05) is 0 Å². The molecule has 2 rings (SSSR count). The molecule has 0 heterocycles. The minimum absolute atomic E-state index is 0.0237. The second-order valence-corrected chi connectivity index (χ2v) is 5.18. The Labute approximate surface area is 123 Å². The summed E-state index contributed by atoms with van der Waals surface area (Å²) < 4.78 is 5.33. The molecule has 21 heavy (non-hydrogen) atoms. The number of urea groups is 1. The van der Waals surface area contributed by atoms with Crippen LogP contribution in [0.1, 0.15) is 24.8 Å². The third kappa shape index (κ3) is 4.46. The van der Waals surface area contributed by atoms with E-state index in [4.69, 9.17) is 9.84 Å². The third-order valence-corrected chi connectivity index (χ3v) is 3.64. The van der Waals surface area contributed by atoms with Gasteiger partial charge in [-0.05, 0) is 37.0 Å². The van der Waals surface area contributed by atoms with E-state index in [1.54, 1.807) is 31.4 Å². The van der Waals surface area contributed by atoms with Crippen LogP contribution in [0.3, 0.4) is 0 Å². The fraction of sp³-hybridized carbons (Fsp3) is 0.467. The van der Waals surface area contributed by atoms with E-state index in [-0.39, 0.29) is 24.6 Å². The van der Waals surface area contributed by atoms with Crippen molar-refractivity contribution in [3.8, 4) is 0 Å². The third-order valence-electron chi connectivity index (χ3n) is 3.64. The summed E-state index contributed by atoms with van der Waals surface area (Å²) in [5, 5.41) is 14.3. The molecule has 0 spiro atoms. The highest BCUT2D eigenvalue weighted by Crippen LogP contribution is 2.21. The van der Waals surface area contributed by atoms with E-state index < -0.39 is 5.97 Å². The van der Waals surface area contributed by atoms with Gasteiger partial charge in [0.1, 0.15) is 0 Å². The summed E-state index contributed by atoms with van der Waals surface area (Å²) in [5.41, 5.74) is 1.33. The fourth-order valence-electron chi connectivity index (χ4n) is 2.59. The van der Waals surface area contributed by atoms with Crippen LogP contribution in [0.5, 0.6) is 0 Å². The number of rotatable bonds is 5. The first kappa shape index (κ1) is 15.3. The second kappa shape index (κ2) is 7.08. The molecule has 0 bridgehead atoms. The van der Waals surface area contributed by atoms with E-state index in [1.165, 1.54) is 0 Å². The molecule has 1 aromatic carbocycles. The van der Waals surface area contributed by atoms with Gasteiger partial charge in [0, 0.05) is 12.8 Å². The molecule has 1 saturated carbocycles. The fourth-order valence-corrected chi connectivity index (χ4v) is 2.59. The number of nitrogens with one attached hydrogen (secondary N) is 2. The van der Waals surface area contributed by atoms with Gasteiger partial charge in [-0.25, -0.2) is 4.79 Å². The van der Waals surface area contributed by atoms with E-state index in [9.17, 15) is 9.59 Å². The summed E-state index contributed by atoms with van der Waals surface area (Å²) in [7, 11) is 1.66. The number of hydrogen-bond donors (Lipinski definition) is 3. The first-order valence-electron chi connectivity index (χ1n) is 6.99. The Morgan fingerprint density at radius 3 is 2.62 bits per heavy atom. The van der Waals surface area contributed by atoms with Crippen LogP contribution in [0.2, 0.25) is 0 Å². The normalized spacial score (nSPS) is 21.0. The number of benzene rings is 1. The van der Waals surface area contributed by atoms with Crippen molar-refractivity contribution in [1.82, 2.24) is 5.32 Å². The molecular weight excluding hydrogens is 272 g/mol. The van der Waals surface area contributed by atoms with Crippen LogP contribution in [0, 0.1) is 0 Å². The summed E-state index contributed by atoms with van der Waals surface area (Å²) in [6.07, 6.45) is 2.99. The minimum atomic E-state index is -0.875. The number of carboxylic acids is 1. The summed E-state index contributed by atoms with van der Waals surface area (Å²) >= 11 is 0. The quantitative estimate of drug-likeness (QED) is 0.774. The maximum atomic E-state index is 11.9. The molecule has 0 saturated heterocycles. The summed E-state index contributed by atoms with van der Waals surface area (Å²) in [5.74, 6) is -0.875. The molecule has 2 atom stereocenters. The topological polar surface area (TPSA) is 87.7 Å². The van der Waals surface area contributed by atoms with Gasteiger partial charge in [0.05, 0.1) is 18.6 Å². The maximum absolute atomic E-state index is 11.9. The lowest BCUT2D eigenvalue weighted by atomic mass is 10.1. The molecule has 3 N–H and O–H groups in total. The highest BCUT2D eigenvalue weighted by molar-refractivity contribution is 5.89. The number of carboxylic acid groups (broad SMARTS) is 1. The highest BCUT2D eigenvalue weighted by Gasteiger charge is 2.28. The van der Waals surface area contributed by atoms with Crippen molar-refractivity contribution < 1.29 is 19.4 Å². The number of hydrogen-bond acceptors (Lipinski definition) is 3. The zero-order valence-corrected chi connectivity index (χ0v) is 12.0. The summed E-state index contributed by atoms with van der Waals surface area (Å²) in [6.45, 7) is 0. The minimum Gasteiger partial charge on any atom is -0.481 e. The summed E-state index contributed by atoms with van der Waals surface area (Å²) in [6, 6.07) is 6.55. The Hall–Kier alpha value is -2.08. The maximum Gasteiger partial charge on any atom is 0.319 e. The molecule has 1 fully saturated rings. The van der Waals surface area contributed by atoms with E-state index >= 15 is 0 Å². The molecule has 6 heteroatoms. The predicted octanol–water partition coefficient (Wildman–Crippen LogP) is 2.00. The molecule has 0 aliphatic heterocycles. The van der Waals surface area contributed by atoms with Crippen molar-refractivity contribution in [3.05, 3.63) is 29.8 Å². The van der Waals surface area contributed by atoms with Gasteiger partial charge >= 0.3 is 12.0 Å². The largest absolute Gasteiger partial charge is 0.481 e. The van der Waals surface area contributed by atoms with Crippen LogP contribution in [-0.2, 0) is 16.0 Å². The van der Waals surface area contributed by atoms with Crippen molar-refractivity contribution >= 4 is 17.7 Å². The van der Waals surface area contributed by atoms with Crippen LogP contribution in [0.4, 0.5) is 10.5 Å². The number of ether oxygens (including phenoxy) is 1. The SMILES string of the molecule is COC1CCCC1NC(=O)Nc1ccc(CC(=O)O)cc1. The zero-order valence-electron chi connectivity index (χ0n) is 12.0. The smallest absolute Gasteiger partial charge is 0.319 e. The standard InChI is InChI=1S/C15H20N2O4/c1-21-13-4-2-3-12(13)17-15(20)16-11-7-5-10(6-8-11)9-14(18)19/h5-8,12-13H,2-4,9H2,1H3,(H,18,19)(H2,16,17,20). The number of aliphatic carboxylic acids is 1. The molecule has 114 valence electrons. The van der Waals surface area contributed by atoms with Crippen molar-refractivity contribution in [2.75, 3.05) is 12.4 Å². The number of methoxy groups -OCH3 is 1. The Kier molecular flexibility index (Phi) is 5.16. The molecule has 0 aromatic heterocycles. The highest BCUT2D eigenvalue weighted by atomic mass is 16.5. The Bertz CT molecular complexity index is 501. The first-order chi connectivity index (χ1) is 10.1. The average molecular weight is 292 g/mol. The lowest BCUT2D eigenvalue weighted by Gasteiger charge is -2.19. The van der Waals surface area contributed by atoms with Gasteiger partial charge in [-0.15, -0.1) is 0 Å². The molecule has 1 aliphatic carbocycles. The van der Waals surface area contributed by atoms with Crippen LogP contribution < -0.4 is 10.6 Å². The second-order valence-electron chi connectivity index (χ2n) is 5.18. The average Bonchev–Trinajstić information content (AvgIpc) is 2.87. The molecule has 2 amide bonds. The number of carbonyl (C=O) groups is 2. The molecule has 1 aliphatic rings. The van der Waals surface area contributed by atoms with E-state index in [0.29, 0.717) is 11.3 Å². The zero-order chi connectivity index (χ0) is 15.2. The van der Waals surface area contributed by atoms with Crippen molar-refractivity contribution in [2.24, 2.45) is 0 Å². The molecule has 6 nitrogen and oxygen atoms in total. The molecule has 1 aromatic rings. The van der Waals surface area contributed by atoms with Crippen LogP contribution >= 0.6 is 0 Å². The van der Waals surface area contributed by atoms with Gasteiger partial charge in [0.2, 0.25) is 0 Å². The number of amides is 2. The molecule has 2 unspecified atom stereocenters. The van der Waals surface area contributed by atoms with E-state index in [2.05, 4.69) is 10.6 Å². The van der Waals surface area contributed by atoms with Gasteiger partial charge < -0.3 is 20.5 Å². The van der Waals surface area contributed by atoms with E-state index in [0.717, 1.165) is 19.3 Å². The van der Waals surface area contributed by atoms with Crippen LogP contribution in [-0.4, -0.2) is 36.4 Å². The van der Waals surface area contributed by atoms with Crippen molar-refractivity contribution in [2.45, 2.75) is 37.8 Å². The monoisotopic (exact) mass is 292 g/mol. The van der Waals surface area contributed by atoms with Crippen LogP contribution in [0.25, 0.3) is 0 Å². The number of anilines is 1. The van der Waals surface area contributed by atoms with Gasteiger partial charge in [-0.2, -0.15) is 0 Å². The van der Waals surface area contributed by atoms with Gasteiger partial charge in [0.25, 0.3) is 0 Å². The lowest BCUT2D eigenvalue weighted by molar-refractivity contribution is -0.136. The van der Waals surface area contributed by atoms with Crippen molar-refractivity contribution in [1.29, 1.82) is 0 Å². The first-order valence-corrected chi connectivity index (χ1v) is 6.99. The Morgan fingerprint density at radius 2 is 2.00 bits per heavy atom. The van der Waals surface area contributed by atoms with Gasteiger partial charge in [-0.1, -0.05) is 12.1 Å². The Morgan fingerprint density at radius 1 is 1.29 bits per heavy atom.